The van der Waals surface area contributed by atoms with Gasteiger partial charge in [-0.25, -0.2) is 8.42 Å². The molecule has 0 spiro atoms. The molecule has 1 saturated carbocycles. The molecular formula is C13H21N3O2S. The van der Waals surface area contributed by atoms with Gasteiger partial charge in [0.25, 0.3) is 0 Å². The van der Waals surface area contributed by atoms with Crippen molar-refractivity contribution in [3.05, 3.63) is 18.0 Å². The summed E-state index contributed by atoms with van der Waals surface area (Å²) in [6, 6.07) is 2.03. The minimum absolute atomic E-state index is 0.239. The highest BCUT2D eigenvalue weighted by molar-refractivity contribution is 7.89. The lowest BCUT2D eigenvalue weighted by atomic mass is 10.1. The van der Waals surface area contributed by atoms with Gasteiger partial charge in [-0.3, -0.25) is 0 Å². The van der Waals surface area contributed by atoms with Crippen LogP contribution in [0.15, 0.2) is 17.2 Å². The average molecular weight is 283 g/mol. The normalized spacial score (nSPS) is 27.3. The zero-order valence-corrected chi connectivity index (χ0v) is 12.3. The van der Waals surface area contributed by atoms with Crippen LogP contribution >= 0.6 is 0 Å². The topological polar surface area (TPSA) is 54.3 Å². The molecule has 1 aliphatic heterocycles. The van der Waals surface area contributed by atoms with E-state index in [0.717, 1.165) is 18.5 Å². The number of nitrogens with zero attached hydrogens (tertiary/aromatic N) is 2. The van der Waals surface area contributed by atoms with Gasteiger partial charge in [-0.05, 0) is 38.3 Å². The van der Waals surface area contributed by atoms with Crippen molar-refractivity contribution in [3.8, 4) is 0 Å². The van der Waals surface area contributed by atoms with Crippen LogP contribution in [-0.4, -0.2) is 36.9 Å². The van der Waals surface area contributed by atoms with Crippen LogP contribution in [0.1, 0.15) is 25.0 Å². The van der Waals surface area contributed by atoms with Gasteiger partial charge in [0.2, 0.25) is 10.0 Å². The van der Waals surface area contributed by atoms with Gasteiger partial charge < -0.3 is 9.88 Å². The Balaban J connectivity index is 1.90. The van der Waals surface area contributed by atoms with Crippen molar-refractivity contribution >= 4 is 10.0 Å². The average Bonchev–Trinajstić information content (AvgIpc) is 3.05. The minimum Gasteiger partial charge on any atom is -0.352 e. The van der Waals surface area contributed by atoms with Gasteiger partial charge in [-0.15, -0.1) is 0 Å². The van der Waals surface area contributed by atoms with Crippen LogP contribution in [0.4, 0.5) is 0 Å². The zero-order valence-electron chi connectivity index (χ0n) is 11.5. The van der Waals surface area contributed by atoms with E-state index in [1.807, 2.05) is 18.7 Å². The number of aryl methyl sites for hydroxylation is 1. The third-order valence-corrected chi connectivity index (χ3v) is 6.29. The predicted molar refractivity (Wildman–Crippen MR) is 73.2 cm³/mol. The second-order valence-electron chi connectivity index (χ2n) is 5.72. The summed E-state index contributed by atoms with van der Waals surface area (Å²) in [4.78, 5) is 0.438. The first-order chi connectivity index (χ1) is 9.02. The Hall–Kier alpha value is -0.850. The molecule has 3 rings (SSSR count). The Bertz CT molecular complexity index is 579. The van der Waals surface area contributed by atoms with Crippen LogP contribution in [0.5, 0.6) is 0 Å². The zero-order chi connectivity index (χ0) is 13.6. The molecule has 1 N–H and O–H groups in total. The molecule has 0 radical (unpaired) electrons. The molecule has 106 valence electrons. The first-order valence-electron chi connectivity index (χ1n) is 6.84. The fourth-order valence-electron chi connectivity index (χ4n) is 3.38. The predicted octanol–water partition coefficient (Wildman–Crippen LogP) is 0.917. The van der Waals surface area contributed by atoms with E-state index in [4.69, 9.17) is 0 Å². The maximum atomic E-state index is 12.7. The van der Waals surface area contributed by atoms with Crippen molar-refractivity contribution in [2.45, 2.75) is 36.7 Å². The summed E-state index contributed by atoms with van der Waals surface area (Å²) < 4.78 is 29.0. The molecule has 6 heteroatoms. The monoisotopic (exact) mass is 283 g/mol. The molecule has 1 saturated heterocycles. The quantitative estimate of drug-likeness (QED) is 0.894. The molecule has 2 aliphatic rings. The first-order valence-corrected chi connectivity index (χ1v) is 8.28. The van der Waals surface area contributed by atoms with E-state index in [1.165, 1.54) is 6.42 Å². The van der Waals surface area contributed by atoms with Gasteiger partial charge in [0.15, 0.2) is 0 Å². The Kier molecular flexibility index (Phi) is 3.19. The molecule has 5 nitrogen and oxygen atoms in total. The number of hydrogen-bond acceptors (Lipinski definition) is 3. The van der Waals surface area contributed by atoms with Crippen LogP contribution in [0, 0.1) is 5.92 Å². The summed E-state index contributed by atoms with van der Waals surface area (Å²) in [7, 11) is 0.448. The van der Waals surface area contributed by atoms with E-state index in [-0.39, 0.29) is 6.04 Å². The lowest BCUT2D eigenvalue weighted by Gasteiger charge is -2.25. The Morgan fingerprint density at radius 2 is 2.21 bits per heavy atom. The minimum atomic E-state index is -3.30. The van der Waals surface area contributed by atoms with Gasteiger partial charge >= 0.3 is 0 Å². The van der Waals surface area contributed by atoms with Gasteiger partial charge in [0, 0.05) is 38.1 Å². The number of rotatable bonds is 4. The van der Waals surface area contributed by atoms with Crippen molar-refractivity contribution in [2.24, 2.45) is 13.0 Å². The summed E-state index contributed by atoms with van der Waals surface area (Å²) in [5.74, 6) is 0.584. The molecule has 0 amide bonds. The van der Waals surface area contributed by atoms with E-state index in [2.05, 4.69) is 5.32 Å². The Morgan fingerprint density at radius 1 is 1.42 bits per heavy atom. The first kappa shape index (κ1) is 13.1. The molecule has 1 aliphatic carbocycles. The van der Waals surface area contributed by atoms with E-state index in [1.54, 1.807) is 16.6 Å². The number of aromatic nitrogens is 1. The molecule has 1 aromatic rings. The van der Waals surface area contributed by atoms with Gasteiger partial charge in [-0.2, -0.15) is 4.31 Å². The lowest BCUT2D eigenvalue weighted by molar-refractivity contribution is 0.333. The fraction of sp³-hybridized carbons (Fsp3) is 0.692. The molecular weight excluding hydrogens is 262 g/mol. The van der Waals surface area contributed by atoms with Crippen LogP contribution < -0.4 is 5.32 Å². The maximum absolute atomic E-state index is 12.7. The highest BCUT2D eigenvalue weighted by Crippen LogP contribution is 2.40. The highest BCUT2D eigenvalue weighted by Gasteiger charge is 2.44. The number of nitrogens with one attached hydrogen (secondary N) is 1. The van der Waals surface area contributed by atoms with Crippen LogP contribution in [0.25, 0.3) is 0 Å². The van der Waals surface area contributed by atoms with E-state index in [0.29, 0.717) is 23.9 Å². The molecule has 0 aromatic carbocycles. The largest absolute Gasteiger partial charge is 0.352 e. The molecule has 2 fully saturated rings. The van der Waals surface area contributed by atoms with E-state index in [9.17, 15) is 8.42 Å². The van der Waals surface area contributed by atoms with Crippen molar-refractivity contribution in [1.82, 2.24) is 14.2 Å². The lowest BCUT2D eigenvalue weighted by Crippen LogP contribution is -2.37. The van der Waals surface area contributed by atoms with Crippen molar-refractivity contribution in [1.29, 1.82) is 0 Å². The third-order valence-electron chi connectivity index (χ3n) is 4.41. The van der Waals surface area contributed by atoms with Crippen LogP contribution in [0.2, 0.25) is 0 Å². The summed E-state index contributed by atoms with van der Waals surface area (Å²) in [5, 5.41) is 3.06. The fourth-order valence-corrected chi connectivity index (χ4v) is 5.22. The van der Waals surface area contributed by atoms with Gasteiger partial charge in [0.1, 0.15) is 4.90 Å². The number of fused-ring (bicyclic) bond motifs is 2. The summed E-state index contributed by atoms with van der Waals surface area (Å²) in [6.07, 6.45) is 5.00. The smallest absolute Gasteiger partial charge is 0.244 e. The van der Waals surface area contributed by atoms with Crippen molar-refractivity contribution in [3.63, 3.8) is 0 Å². The molecule has 19 heavy (non-hydrogen) atoms. The summed E-state index contributed by atoms with van der Waals surface area (Å²) in [6.45, 7) is 1.39. The number of sulfonamides is 1. The second-order valence-corrected chi connectivity index (χ2v) is 7.61. The SMILES string of the molecule is CNCc1cc(S(=O)(=O)N2CC3CCC2C3)cn1C. The van der Waals surface area contributed by atoms with Crippen molar-refractivity contribution < 1.29 is 8.42 Å². The number of piperidine rings is 1. The van der Waals surface area contributed by atoms with Crippen molar-refractivity contribution in [2.75, 3.05) is 13.6 Å². The van der Waals surface area contributed by atoms with Gasteiger partial charge in [-0.1, -0.05) is 0 Å². The van der Waals surface area contributed by atoms with Crippen LogP contribution in [0.3, 0.4) is 0 Å². The highest BCUT2D eigenvalue weighted by atomic mass is 32.2. The molecule has 2 heterocycles. The maximum Gasteiger partial charge on any atom is 0.244 e. The second kappa shape index (κ2) is 4.61. The molecule has 2 bridgehead atoms. The molecule has 2 unspecified atom stereocenters. The van der Waals surface area contributed by atoms with E-state index >= 15 is 0 Å². The van der Waals surface area contributed by atoms with Gasteiger partial charge in [0.05, 0.1) is 0 Å². The molecule has 2 atom stereocenters. The summed E-state index contributed by atoms with van der Waals surface area (Å²) in [5.41, 5.74) is 0.991. The third kappa shape index (κ3) is 2.11. The Labute approximate surface area is 114 Å². The number of hydrogen-bond donors (Lipinski definition) is 1. The van der Waals surface area contributed by atoms with E-state index < -0.39 is 10.0 Å². The standard InChI is InChI=1S/C13H21N3O2S/c1-14-7-12-6-13(9-15(12)2)19(17,18)16-8-10-3-4-11(16)5-10/h6,9-11,14H,3-5,7-8H2,1-2H3. The summed E-state index contributed by atoms with van der Waals surface area (Å²) >= 11 is 0. The Morgan fingerprint density at radius 3 is 2.79 bits per heavy atom. The van der Waals surface area contributed by atoms with Crippen LogP contribution in [-0.2, 0) is 23.6 Å². The molecule has 1 aromatic heterocycles.